The molecule has 1 rings (SSSR count). The van der Waals surface area contributed by atoms with Gasteiger partial charge < -0.3 is 15.0 Å². The van der Waals surface area contributed by atoms with E-state index < -0.39 is 4.92 Å². The van der Waals surface area contributed by atoms with Crippen molar-refractivity contribution < 1.29 is 9.72 Å². The third-order valence-electron chi connectivity index (χ3n) is 2.31. The molecular formula is C10H14ClN3O3. The van der Waals surface area contributed by atoms with Crippen LogP contribution in [0.4, 0.5) is 5.82 Å². The monoisotopic (exact) mass is 259 g/mol. The first-order valence-electron chi connectivity index (χ1n) is 5.14. The van der Waals surface area contributed by atoms with Crippen molar-refractivity contribution in [1.82, 2.24) is 9.88 Å². The molecule has 1 atom stereocenters. The molecule has 1 unspecified atom stereocenters. The number of carbonyl (C=O) groups is 1. The molecule has 0 aliphatic carbocycles. The number of nitrogens with one attached hydrogen (secondary N) is 1. The molecule has 0 radical (unpaired) electrons. The minimum atomic E-state index is -0.572. The fraction of sp³-hybridized carbons (Fsp3) is 0.500. The van der Waals surface area contributed by atoms with Gasteiger partial charge in [-0.3, -0.25) is 4.79 Å². The molecule has 94 valence electrons. The lowest BCUT2D eigenvalue weighted by Gasteiger charge is -2.15. The van der Waals surface area contributed by atoms with E-state index in [2.05, 4.69) is 4.98 Å². The molecule has 0 aromatic carbocycles. The number of halogens is 1. The predicted octanol–water partition coefficient (Wildman–Crippen LogP) is 2.01. The van der Waals surface area contributed by atoms with Crippen LogP contribution < -0.4 is 0 Å². The topological polar surface area (TPSA) is 79.2 Å². The zero-order chi connectivity index (χ0) is 13.0. The predicted molar refractivity (Wildman–Crippen MR) is 64.3 cm³/mol. The normalized spacial score (nSPS) is 12.2. The molecule has 6 nitrogen and oxygen atoms in total. The van der Waals surface area contributed by atoms with Crippen molar-refractivity contribution in [3.63, 3.8) is 0 Å². The molecule has 0 bridgehead atoms. The molecule has 1 amide bonds. The van der Waals surface area contributed by atoms with E-state index in [1.165, 1.54) is 17.0 Å². The zero-order valence-corrected chi connectivity index (χ0v) is 10.4. The Bertz CT molecular complexity index is 417. The summed E-state index contributed by atoms with van der Waals surface area (Å²) >= 11 is 5.78. The van der Waals surface area contributed by atoms with Crippen LogP contribution in [0.2, 0.25) is 0 Å². The zero-order valence-electron chi connectivity index (χ0n) is 9.64. The highest BCUT2D eigenvalue weighted by Gasteiger charge is 2.18. The average Bonchev–Trinajstić information content (AvgIpc) is 2.73. The number of hydrogen-bond acceptors (Lipinski definition) is 3. The quantitative estimate of drug-likeness (QED) is 0.499. The van der Waals surface area contributed by atoms with Crippen LogP contribution in [-0.4, -0.2) is 39.7 Å². The minimum absolute atomic E-state index is 0.0109. The largest absolute Gasteiger partial charge is 0.358 e. The van der Waals surface area contributed by atoms with Crippen molar-refractivity contribution in [1.29, 1.82) is 0 Å². The highest BCUT2D eigenvalue weighted by molar-refractivity contribution is 6.20. The molecule has 7 heteroatoms. The van der Waals surface area contributed by atoms with Gasteiger partial charge in [-0.2, -0.15) is 0 Å². The van der Waals surface area contributed by atoms with E-state index in [1.54, 1.807) is 7.05 Å². The average molecular weight is 260 g/mol. The van der Waals surface area contributed by atoms with Crippen LogP contribution in [0.1, 0.15) is 23.8 Å². The summed E-state index contributed by atoms with van der Waals surface area (Å²) in [5, 5.41) is 10.4. The Morgan fingerprint density at radius 3 is 2.76 bits per heavy atom. The fourth-order valence-electron chi connectivity index (χ4n) is 1.29. The first-order valence-corrected chi connectivity index (χ1v) is 5.58. The number of hydrogen-bond donors (Lipinski definition) is 1. The lowest BCUT2D eigenvalue weighted by atomic mass is 10.3. The second kappa shape index (κ2) is 5.67. The first-order chi connectivity index (χ1) is 7.91. The van der Waals surface area contributed by atoms with Gasteiger partial charge in [0.25, 0.3) is 5.91 Å². The standard InChI is InChI=1S/C10H14ClN3O3/c1-7(11)5-6-13(2)10(15)8-3-4-9(12-8)14(16)17/h3-4,7,12H,5-6H2,1-2H3. The second-order valence-electron chi connectivity index (χ2n) is 3.81. The molecule has 0 saturated carbocycles. The summed E-state index contributed by atoms with van der Waals surface area (Å²) in [6, 6.07) is 2.67. The van der Waals surface area contributed by atoms with Gasteiger partial charge in [-0.15, -0.1) is 11.6 Å². The lowest BCUT2D eigenvalue weighted by molar-refractivity contribution is -0.389. The summed E-state index contributed by atoms with van der Waals surface area (Å²) in [6.07, 6.45) is 0.673. The maximum atomic E-state index is 11.8. The number of rotatable bonds is 5. The van der Waals surface area contributed by atoms with E-state index in [-0.39, 0.29) is 22.8 Å². The van der Waals surface area contributed by atoms with E-state index in [9.17, 15) is 14.9 Å². The fourth-order valence-corrected chi connectivity index (χ4v) is 1.39. The lowest BCUT2D eigenvalue weighted by Crippen LogP contribution is -2.29. The van der Waals surface area contributed by atoms with E-state index in [4.69, 9.17) is 11.6 Å². The second-order valence-corrected chi connectivity index (χ2v) is 4.56. The smallest absolute Gasteiger partial charge is 0.321 e. The van der Waals surface area contributed by atoms with Crippen LogP contribution >= 0.6 is 11.6 Å². The number of amides is 1. The highest BCUT2D eigenvalue weighted by Crippen LogP contribution is 2.12. The van der Waals surface area contributed by atoms with Crippen molar-refractivity contribution in [3.05, 3.63) is 27.9 Å². The third kappa shape index (κ3) is 3.74. The Kier molecular flexibility index (Phi) is 4.51. The van der Waals surface area contributed by atoms with Crippen LogP contribution in [-0.2, 0) is 0 Å². The highest BCUT2D eigenvalue weighted by atomic mass is 35.5. The minimum Gasteiger partial charge on any atom is -0.358 e. The molecule has 1 aromatic heterocycles. The molecule has 0 aliphatic heterocycles. The number of carbonyl (C=O) groups excluding carboxylic acids is 1. The van der Waals surface area contributed by atoms with Gasteiger partial charge in [-0.25, -0.2) is 4.98 Å². The maximum Gasteiger partial charge on any atom is 0.321 e. The molecular weight excluding hydrogens is 246 g/mol. The number of nitrogens with zero attached hydrogens (tertiary/aromatic N) is 2. The van der Waals surface area contributed by atoms with Crippen molar-refractivity contribution in [2.75, 3.05) is 13.6 Å². The Morgan fingerprint density at radius 1 is 1.65 bits per heavy atom. The number of aromatic nitrogens is 1. The van der Waals surface area contributed by atoms with Crippen molar-refractivity contribution in [2.45, 2.75) is 18.7 Å². The van der Waals surface area contributed by atoms with Crippen molar-refractivity contribution >= 4 is 23.3 Å². The van der Waals surface area contributed by atoms with Gasteiger partial charge in [0, 0.05) is 25.0 Å². The Morgan fingerprint density at radius 2 is 2.29 bits per heavy atom. The summed E-state index contributed by atoms with van der Waals surface area (Å²) in [7, 11) is 1.63. The van der Waals surface area contributed by atoms with Gasteiger partial charge in [0.1, 0.15) is 0 Å². The van der Waals surface area contributed by atoms with Gasteiger partial charge in [0.2, 0.25) is 0 Å². The Balaban J connectivity index is 2.65. The van der Waals surface area contributed by atoms with Crippen LogP contribution in [0.15, 0.2) is 12.1 Å². The van der Waals surface area contributed by atoms with Crippen LogP contribution in [0, 0.1) is 10.1 Å². The molecule has 1 heterocycles. The van der Waals surface area contributed by atoms with Crippen LogP contribution in [0.25, 0.3) is 0 Å². The molecule has 0 saturated heterocycles. The summed E-state index contributed by atoms with van der Waals surface area (Å²) < 4.78 is 0. The maximum absolute atomic E-state index is 11.8. The van der Waals surface area contributed by atoms with Gasteiger partial charge >= 0.3 is 5.82 Å². The summed E-state index contributed by atoms with van der Waals surface area (Å²) in [4.78, 5) is 25.6. The van der Waals surface area contributed by atoms with E-state index in [0.29, 0.717) is 13.0 Å². The van der Waals surface area contributed by atoms with E-state index >= 15 is 0 Å². The van der Waals surface area contributed by atoms with Crippen LogP contribution in [0.3, 0.4) is 0 Å². The number of H-pyrrole nitrogens is 1. The van der Waals surface area contributed by atoms with Gasteiger partial charge in [-0.1, -0.05) is 0 Å². The number of aromatic amines is 1. The van der Waals surface area contributed by atoms with Gasteiger partial charge in [0.05, 0.1) is 0 Å². The van der Waals surface area contributed by atoms with Crippen molar-refractivity contribution in [3.8, 4) is 0 Å². The van der Waals surface area contributed by atoms with Crippen LogP contribution in [0.5, 0.6) is 0 Å². The van der Waals surface area contributed by atoms with Gasteiger partial charge in [-0.05, 0) is 24.3 Å². The van der Waals surface area contributed by atoms with Crippen molar-refractivity contribution in [2.24, 2.45) is 0 Å². The molecule has 1 aromatic rings. The molecule has 17 heavy (non-hydrogen) atoms. The first kappa shape index (κ1) is 13.5. The van der Waals surface area contributed by atoms with E-state index in [0.717, 1.165) is 0 Å². The summed E-state index contributed by atoms with van der Waals surface area (Å²) in [5.74, 6) is -0.470. The number of nitro groups is 1. The molecule has 0 aliphatic rings. The molecule has 0 spiro atoms. The Labute approximate surface area is 104 Å². The summed E-state index contributed by atoms with van der Waals surface area (Å²) in [6.45, 7) is 2.36. The molecule has 0 fully saturated rings. The molecule has 1 N–H and O–H groups in total. The Hall–Kier alpha value is -1.56. The van der Waals surface area contributed by atoms with Gasteiger partial charge in [0.15, 0.2) is 5.69 Å². The summed E-state index contributed by atoms with van der Waals surface area (Å²) in [5.41, 5.74) is 0.210. The third-order valence-corrected chi connectivity index (χ3v) is 2.52. The van der Waals surface area contributed by atoms with E-state index in [1.807, 2.05) is 6.92 Å². The SMILES string of the molecule is CC(Cl)CCN(C)C(=O)c1ccc([N+](=O)[O-])[nH]1. The number of alkyl halides is 1.